The van der Waals surface area contributed by atoms with Gasteiger partial charge in [0.2, 0.25) is 29.5 Å². The summed E-state index contributed by atoms with van der Waals surface area (Å²) in [4.78, 5) is 50.5. The van der Waals surface area contributed by atoms with E-state index in [1.54, 1.807) is 87.7 Å². The van der Waals surface area contributed by atoms with Crippen LogP contribution in [0.1, 0.15) is 346 Å². The minimum Gasteiger partial charge on any atom is -0.497 e. The van der Waals surface area contributed by atoms with Gasteiger partial charge in [-0.2, -0.15) is 9.65 Å². The Morgan fingerprint density at radius 1 is 0.308 bits per heavy atom. The van der Waals surface area contributed by atoms with Gasteiger partial charge < -0.3 is 37.9 Å². The van der Waals surface area contributed by atoms with E-state index in [2.05, 4.69) is 326 Å². The summed E-state index contributed by atoms with van der Waals surface area (Å²) in [5, 5.41) is 10.5. The van der Waals surface area contributed by atoms with Crippen molar-refractivity contribution in [1.82, 2.24) is 59.8 Å². The highest BCUT2D eigenvalue weighted by Crippen LogP contribution is 2.37. The van der Waals surface area contributed by atoms with Gasteiger partial charge in [-0.25, -0.2) is 34.9 Å². The number of nitrogens with zero attached hydrogens (tertiary/aromatic N) is 13. The molecule has 0 radical (unpaired) electrons. The summed E-state index contributed by atoms with van der Waals surface area (Å²) in [7, 11) is 12.9. The van der Waals surface area contributed by atoms with Crippen LogP contribution in [0.5, 0.6) is 46.6 Å². The van der Waals surface area contributed by atoms with E-state index in [-0.39, 0.29) is 65.0 Å². The Kier molecular flexibility index (Phi) is 54.0. The van der Waals surface area contributed by atoms with E-state index in [1.807, 2.05) is 162 Å². The molecule has 0 saturated carbocycles. The lowest BCUT2D eigenvalue weighted by atomic mass is 9.85. The lowest BCUT2D eigenvalue weighted by Crippen LogP contribution is -2.14. The van der Waals surface area contributed by atoms with Gasteiger partial charge in [0.15, 0.2) is 5.75 Å². The third-order valence-corrected chi connectivity index (χ3v) is 22.2. The molecule has 146 heavy (non-hydrogen) atoms. The maximum atomic E-state index is 12.6. The molecule has 0 aliphatic carbocycles. The van der Waals surface area contributed by atoms with Crippen molar-refractivity contribution in [3.05, 3.63) is 307 Å². The van der Waals surface area contributed by atoms with Gasteiger partial charge in [-0.05, 0) is 167 Å². The number of methoxy groups -OCH3 is 8. The van der Waals surface area contributed by atoms with Crippen molar-refractivity contribution in [1.29, 1.82) is 5.26 Å². The summed E-state index contributed by atoms with van der Waals surface area (Å²) in [5.41, 5.74) is 17.9. The van der Waals surface area contributed by atoms with Crippen LogP contribution >= 0.6 is 34.8 Å². The highest BCUT2D eigenvalue weighted by Gasteiger charge is 2.26. The van der Waals surface area contributed by atoms with E-state index in [0.29, 0.717) is 50.9 Å². The number of nitriles is 1. The highest BCUT2D eigenvalue weighted by molar-refractivity contribution is 6.33. The Balaban J connectivity index is 0.000000797. The van der Waals surface area contributed by atoms with Crippen LogP contribution in [-0.2, 0) is 71.4 Å². The van der Waals surface area contributed by atoms with Crippen LogP contribution in [0, 0.1) is 31.1 Å². The second-order valence-corrected chi connectivity index (χ2v) is 48.1. The molecule has 25 heteroatoms. The molecule has 800 valence electrons. The monoisotopic (exact) mass is 2060 g/mol. The van der Waals surface area contributed by atoms with E-state index in [9.17, 15) is 4.39 Å². The second-order valence-electron chi connectivity index (χ2n) is 46.9. The van der Waals surface area contributed by atoms with Crippen LogP contribution < -0.4 is 37.9 Å². The van der Waals surface area contributed by atoms with Gasteiger partial charge in [0.25, 0.3) is 5.88 Å². The molecule has 0 bridgehead atoms. The molecule has 12 rings (SSSR count). The quantitative estimate of drug-likeness (QED) is 0.122. The largest absolute Gasteiger partial charge is 0.497 e. The smallest absolute Gasteiger partial charge is 0.256 e. The minimum atomic E-state index is -0.405. The Hall–Kier alpha value is -11.5. The van der Waals surface area contributed by atoms with E-state index in [4.69, 9.17) is 78.0 Å². The first-order valence-electron chi connectivity index (χ1n) is 49.1. The van der Waals surface area contributed by atoms with Crippen molar-refractivity contribution in [2.24, 2.45) is 0 Å². The molecule has 0 saturated heterocycles. The van der Waals surface area contributed by atoms with E-state index in [1.165, 1.54) is 34.6 Å². The van der Waals surface area contributed by atoms with Gasteiger partial charge >= 0.3 is 0 Å². The minimum absolute atomic E-state index is 0.00375. The van der Waals surface area contributed by atoms with Crippen molar-refractivity contribution in [3.8, 4) is 52.7 Å². The van der Waals surface area contributed by atoms with Crippen LogP contribution in [0.15, 0.2) is 195 Å². The van der Waals surface area contributed by atoms with Gasteiger partial charge in [0.1, 0.15) is 33.3 Å². The molecule has 0 amide bonds. The fraction of sp³-hybridized carbons (Fsp3) is 0.496. The van der Waals surface area contributed by atoms with Gasteiger partial charge in [-0.1, -0.05) is 321 Å². The Morgan fingerprint density at radius 2 is 0.719 bits per heavy atom. The van der Waals surface area contributed by atoms with Crippen molar-refractivity contribution in [2.75, 3.05) is 56.9 Å². The predicted molar refractivity (Wildman–Crippen MR) is 606 cm³/mol. The number of hydrogen-bond acceptors (Lipinski definition) is 21. The first kappa shape index (κ1) is 132. The van der Waals surface area contributed by atoms with Crippen molar-refractivity contribution in [3.63, 3.8) is 0 Å². The SMILES string of the molecule is CC(C)(C)c1cccc(C#N)n1.CC(C)(C)c1ccnc(F)c1.CCc1ccc(C(C)(C)C)nc1.COc1ccc(C(C)(C)C)nc1.COc1ccc(C(C)(C)C)nc1OC.COc1cccc(C(C)(C)C)n1.COc1cccc(C(C)(C)C)n1.COc1ccnc(C(C)(C)C)c1.COc1nc(C(C)(C)C)ccc1Cl.COc1nccc(C(C)(C)C)c1Cl.Cc1ccc(C(C)(C)C)nc1.Cc1cncc(Cl)c1C(C)(C)C. The molecule has 0 spiro atoms. The third kappa shape index (κ3) is 49.8. The van der Waals surface area contributed by atoms with E-state index < -0.39 is 5.95 Å². The van der Waals surface area contributed by atoms with Crippen LogP contribution in [0.2, 0.25) is 15.1 Å². The molecule has 0 aliphatic heterocycles. The summed E-state index contributed by atoms with van der Waals surface area (Å²) in [6, 6.07) is 48.3. The summed E-state index contributed by atoms with van der Waals surface area (Å²) in [5.74, 6) is 4.84. The standard InChI is InChI=1S/C11H17NO2.C11H17N.2C10H14ClNO.C10H14ClN.C10H12N2.4C10H15NO.C10H15N.C9H12FN/c1-11(2,3)9-7-6-8(13-4)10(12-9)14-5;1-5-9-6-7-10(12-8-9)11(2,3)4;1-10(2,3)7-5-6-12-9(13-4)8(7)11;1-10(2,3)8-6-5-7(11)9(12-8)13-4;1-7-5-12-6-8(11)9(7)10(2,3)4;1-10(2,3)9-6-4-5-8(7-11)12-9;1-10(2,3)9-7-8(12-4)5-6-11-9;1-10(2,3)9-6-5-8(12-4)7-11-9;2*1-10(2,3)8-6-5-7-9(11-8)12-4;1-8-5-6-9(11-7-8)10(2,3)4;1-9(2,3)7-4-5-11-8(10)6-7/h6-7H,1-5H3;6-8H,5H2,1-4H3;2*5-6H,1-4H3;5-6H,1-4H3;4-6H,1-3H3;4*5-7H,1-4H3;5-7H,1-4H3;4-6H,1-3H3. The molecule has 0 aromatic carbocycles. The lowest BCUT2D eigenvalue weighted by molar-refractivity contribution is 0.339. The van der Waals surface area contributed by atoms with Crippen LogP contribution in [0.4, 0.5) is 4.39 Å². The molecule has 12 heterocycles. The molecular weight excluding hydrogens is 1890 g/mol. The van der Waals surface area contributed by atoms with Crippen molar-refractivity contribution >= 4 is 34.8 Å². The maximum Gasteiger partial charge on any atom is 0.256 e. The zero-order valence-electron chi connectivity index (χ0n) is 97.3. The topological polar surface area (TPSA) is 252 Å². The van der Waals surface area contributed by atoms with E-state index >= 15 is 0 Å². The lowest BCUT2D eigenvalue weighted by Gasteiger charge is -2.22. The zero-order valence-corrected chi connectivity index (χ0v) is 99.5. The summed E-state index contributed by atoms with van der Waals surface area (Å²) < 4.78 is 53.1. The van der Waals surface area contributed by atoms with E-state index in [0.717, 1.165) is 85.2 Å². The van der Waals surface area contributed by atoms with Crippen molar-refractivity contribution in [2.45, 2.75) is 341 Å². The molecule has 0 aliphatic rings. The fourth-order valence-electron chi connectivity index (χ4n) is 12.3. The Labute approximate surface area is 893 Å². The number of rotatable bonds is 9. The molecular formula is C121H175Cl3FN13O8. The molecule has 21 nitrogen and oxygen atoms in total. The number of aromatic nitrogens is 12. The average Bonchev–Trinajstić information content (AvgIpc) is 0.820. The average molecular weight is 2070 g/mol. The first-order chi connectivity index (χ1) is 67.0. The molecule has 12 aromatic heterocycles. The first-order valence-corrected chi connectivity index (χ1v) is 50.2. The maximum absolute atomic E-state index is 12.6. The summed E-state index contributed by atoms with van der Waals surface area (Å²) in [6.45, 7) is 82.7. The fourth-order valence-corrected chi connectivity index (χ4v) is 13.5. The normalized spacial score (nSPS) is 11.4. The molecule has 12 aromatic rings. The number of pyridine rings is 12. The third-order valence-electron chi connectivity index (χ3n) is 21.3. The number of aryl methyl sites for hydroxylation is 3. The van der Waals surface area contributed by atoms with Crippen LogP contribution in [0.3, 0.4) is 0 Å². The summed E-state index contributed by atoms with van der Waals surface area (Å²) in [6.07, 6.45) is 15.3. The van der Waals surface area contributed by atoms with Crippen molar-refractivity contribution < 1.29 is 42.3 Å². The van der Waals surface area contributed by atoms with Gasteiger partial charge in [-0.15, -0.1) is 0 Å². The van der Waals surface area contributed by atoms with Gasteiger partial charge in [-0.3, -0.25) is 24.9 Å². The number of hydrogen-bond donors (Lipinski definition) is 0. The number of halogens is 4. The summed E-state index contributed by atoms with van der Waals surface area (Å²) >= 11 is 18.0. The second kappa shape index (κ2) is 59.5. The number of ether oxygens (including phenoxy) is 8. The van der Waals surface area contributed by atoms with Crippen LogP contribution in [-0.4, -0.2) is 117 Å². The predicted octanol–water partition coefficient (Wildman–Crippen LogP) is 31.8. The zero-order chi connectivity index (χ0) is 112. The van der Waals surface area contributed by atoms with Crippen LogP contribution in [0.25, 0.3) is 0 Å². The molecule has 0 atom stereocenters. The molecule has 0 unspecified atom stereocenters. The van der Waals surface area contributed by atoms with Gasteiger partial charge in [0, 0.05) is 156 Å². The van der Waals surface area contributed by atoms with Gasteiger partial charge in [0.05, 0.1) is 73.8 Å². The Bertz CT molecular complexity index is 5660. The molecule has 0 fully saturated rings. The Morgan fingerprint density at radius 3 is 1.08 bits per heavy atom. The highest BCUT2D eigenvalue weighted by atomic mass is 35.5. The molecule has 0 N–H and O–H groups in total.